The van der Waals surface area contributed by atoms with Gasteiger partial charge in [-0.15, -0.1) is 0 Å². The predicted octanol–water partition coefficient (Wildman–Crippen LogP) is 2.44. The third-order valence-electron chi connectivity index (χ3n) is 4.48. The minimum atomic E-state index is 0.781. The van der Waals surface area contributed by atoms with Crippen LogP contribution in [0.3, 0.4) is 0 Å². The summed E-state index contributed by atoms with van der Waals surface area (Å²) in [5.74, 6) is 0.928. The van der Waals surface area contributed by atoms with Crippen molar-refractivity contribution >= 4 is 6.21 Å². The highest BCUT2D eigenvalue weighted by Gasteiger charge is 2.37. The summed E-state index contributed by atoms with van der Waals surface area (Å²) in [5, 5.41) is 10.9. The Kier molecular flexibility index (Phi) is 3.33. The Balaban J connectivity index is 1.72. The van der Waals surface area contributed by atoms with Crippen LogP contribution in [0.25, 0.3) is 0 Å². The monoisotopic (exact) mass is 243 g/mol. The molecule has 0 amide bonds. The van der Waals surface area contributed by atoms with Crippen LogP contribution in [0.2, 0.25) is 0 Å². The smallest absolute Gasteiger partial charge is 0.0440 e. The molecule has 18 heavy (non-hydrogen) atoms. The van der Waals surface area contributed by atoms with Crippen molar-refractivity contribution in [3.05, 3.63) is 35.7 Å². The molecule has 0 radical (unpaired) electrons. The van der Waals surface area contributed by atoms with E-state index in [4.69, 9.17) is 5.41 Å². The van der Waals surface area contributed by atoms with Crippen LogP contribution in [0.5, 0.6) is 0 Å². The van der Waals surface area contributed by atoms with Gasteiger partial charge in [0.05, 0.1) is 0 Å². The maximum atomic E-state index is 7.64. The maximum absolute atomic E-state index is 7.64. The Morgan fingerprint density at radius 2 is 2.33 bits per heavy atom. The average molecular weight is 243 g/mol. The van der Waals surface area contributed by atoms with Crippen molar-refractivity contribution in [2.24, 2.45) is 5.92 Å². The number of allylic oxidation sites excluding steroid dienone is 3. The number of fused-ring (bicyclic) bond motifs is 1. The standard InChI is InChI=1S/C15H21N3/c16-10-13(14-5-1-2-8-17-14)11-18-9-7-12-4-3-6-15(12)18/h1-2,5,8,10,12,15-17H,3-4,6-7,9,11H2/b14-13+,16-10?/t12-,15-/m1/s1. The van der Waals surface area contributed by atoms with E-state index in [1.165, 1.54) is 38.4 Å². The second kappa shape index (κ2) is 5.11. The molecule has 2 heterocycles. The number of hydrogen-bond acceptors (Lipinski definition) is 3. The largest absolute Gasteiger partial charge is 0.361 e. The molecule has 0 aromatic carbocycles. The predicted molar refractivity (Wildman–Crippen MR) is 74.5 cm³/mol. The molecule has 1 aliphatic carbocycles. The first kappa shape index (κ1) is 11.7. The van der Waals surface area contributed by atoms with Gasteiger partial charge < -0.3 is 10.7 Å². The van der Waals surface area contributed by atoms with Crippen molar-refractivity contribution in [3.8, 4) is 0 Å². The molecule has 2 N–H and O–H groups in total. The first-order chi connectivity index (χ1) is 8.88. The molecular formula is C15H21N3. The van der Waals surface area contributed by atoms with E-state index in [2.05, 4.69) is 16.3 Å². The first-order valence-electron chi connectivity index (χ1n) is 6.96. The lowest BCUT2D eigenvalue weighted by atomic mass is 10.0. The summed E-state index contributed by atoms with van der Waals surface area (Å²) in [4.78, 5) is 2.58. The number of nitrogens with one attached hydrogen (secondary N) is 2. The Hall–Kier alpha value is -1.35. The number of dihydropyridines is 1. The quantitative estimate of drug-likeness (QED) is 0.747. The summed E-state index contributed by atoms with van der Waals surface area (Å²) in [6.45, 7) is 2.13. The fourth-order valence-electron chi connectivity index (χ4n) is 3.55. The third kappa shape index (κ3) is 2.15. The Morgan fingerprint density at radius 1 is 1.39 bits per heavy atom. The van der Waals surface area contributed by atoms with Crippen LogP contribution in [-0.4, -0.2) is 30.2 Å². The second-order valence-electron chi connectivity index (χ2n) is 5.46. The molecule has 96 valence electrons. The van der Waals surface area contributed by atoms with Crippen molar-refractivity contribution in [2.45, 2.75) is 31.7 Å². The maximum Gasteiger partial charge on any atom is 0.0440 e. The van der Waals surface area contributed by atoms with Crippen LogP contribution in [-0.2, 0) is 0 Å². The molecule has 2 fully saturated rings. The van der Waals surface area contributed by atoms with Gasteiger partial charge in [0.1, 0.15) is 0 Å². The van der Waals surface area contributed by atoms with Crippen LogP contribution >= 0.6 is 0 Å². The number of likely N-dealkylation sites (tertiary alicyclic amines) is 1. The summed E-state index contributed by atoms with van der Waals surface area (Å²) in [5.41, 5.74) is 2.18. The van der Waals surface area contributed by atoms with Crippen LogP contribution in [0, 0.1) is 11.3 Å². The molecule has 1 saturated carbocycles. The highest BCUT2D eigenvalue weighted by atomic mass is 15.2. The molecule has 1 saturated heterocycles. The summed E-state index contributed by atoms with van der Waals surface area (Å²) in [6.07, 6.45) is 15.0. The van der Waals surface area contributed by atoms with Gasteiger partial charge in [-0.25, -0.2) is 0 Å². The van der Waals surface area contributed by atoms with Gasteiger partial charge in [0.25, 0.3) is 0 Å². The van der Waals surface area contributed by atoms with Crippen LogP contribution in [0.1, 0.15) is 25.7 Å². The third-order valence-corrected chi connectivity index (χ3v) is 4.48. The number of rotatable bonds is 3. The molecule has 2 aliphatic heterocycles. The molecule has 0 aromatic rings. The topological polar surface area (TPSA) is 39.1 Å². The van der Waals surface area contributed by atoms with Crippen molar-refractivity contribution in [3.63, 3.8) is 0 Å². The molecule has 3 aliphatic rings. The first-order valence-corrected chi connectivity index (χ1v) is 6.96. The molecule has 2 atom stereocenters. The molecule has 0 spiro atoms. The summed E-state index contributed by atoms with van der Waals surface area (Å²) >= 11 is 0. The number of nitrogens with zero attached hydrogens (tertiary/aromatic N) is 1. The summed E-state index contributed by atoms with van der Waals surface area (Å²) in [7, 11) is 0. The van der Waals surface area contributed by atoms with Crippen molar-refractivity contribution in [1.82, 2.24) is 10.2 Å². The molecule has 3 heteroatoms. The molecule has 0 aromatic heterocycles. The van der Waals surface area contributed by atoms with E-state index in [1.54, 1.807) is 0 Å². The van der Waals surface area contributed by atoms with E-state index in [1.807, 2.05) is 18.4 Å². The second-order valence-corrected chi connectivity index (χ2v) is 5.46. The fourth-order valence-corrected chi connectivity index (χ4v) is 3.55. The van der Waals surface area contributed by atoms with Crippen molar-refractivity contribution in [1.29, 1.82) is 5.41 Å². The molecule has 0 unspecified atom stereocenters. The van der Waals surface area contributed by atoms with Crippen molar-refractivity contribution < 1.29 is 0 Å². The Morgan fingerprint density at radius 3 is 3.11 bits per heavy atom. The Bertz CT molecular complexity index is 419. The average Bonchev–Trinajstić information content (AvgIpc) is 3.01. The Labute approximate surface area is 109 Å². The van der Waals surface area contributed by atoms with Gasteiger partial charge >= 0.3 is 0 Å². The van der Waals surface area contributed by atoms with Gasteiger partial charge in [0.15, 0.2) is 0 Å². The lowest BCUT2D eigenvalue weighted by Crippen LogP contribution is -2.33. The zero-order valence-corrected chi connectivity index (χ0v) is 10.7. The van der Waals surface area contributed by atoms with Crippen molar-refractivity contribution in [2.75, 3.05) is 13.1 Å². The van der Waals surface area contributed by atoms with Gasteiger partial charge in [0, 0.05) is 36.3 Å². The lowest BCUT2D eigenvalue weighted by Gasteiger charge is -2.25. The molecule has 3 nitrogen and oxygen atoms in total. The zero-order chi connectivity index (χ0) is 12.4. The zero-order valence-electron chi connectivity index (χ0n) is 10.7. The molecular weight excluding hydrogens is 222 g/mol. The van der Waals surface area contributed by atoms with E-state index < -0.39 is 0 Å². The van der Waals surface area contributed by atoms with E-state index in [0.29, 0.717) is 0 Å². The van der Waals surface area contributed by atoms with Crippen LogP contribution in [0.15, 0.2) is 35.7 Å². The van der Waals surface area contributed by atoms with E-state index >= 15 is 0 Å². The normalized spacial score (nSPS) is 33.3. The molecule has 0 bridgehead atoms. The van der Waals surface area contributed by atoms with Gasteiger partial charge in [-0.3, -0.25) is 4.90 Å². The van der Waals surface area contributed by atoms with Crippen LogP contribution in [0.4, 0.5) is 0 Å². The van der Waals surface area contributed by atoms with Gasteiger partial charge in [0.2, 0.25) is 0 Å². The van der Waals surface area contributed by atoms with Gasteiger partial charge in [-0.2, -0.15) is 0 Å². The number of hydrogen-bond donors (Lipinski definition) is 2. The van der Waals surface area contributed by atoms with E-state index in [9.17, 15) is 0 Å². The molecule has 3 rings (SSSR count). The minimum Gasteiger partial charge on any atom is -0.361 e. The highest BCUT2D eigenvalue weighted by molar-refractivity contribution is 5.78. The SMILES string of the molecule is N=C/C(CN1CC[C@H]2CCC[C@H]21)=C1/C=CC=CN1. The minimum absolute atomic E-state index is 0.781. The van der Waals surface area contributed by atoms with Gasteiger partial charge in [-0.1, -0.05) is 12.5 Å². The van der Waals surface area contributed by atoms with Crippen LogP contribution < -0.4 is 5.32 Å². The lowest BCUT2D eigenvalue weighted by molar-refractivity contribution is 0.263. The summed E-state index contributed by atoms with van der Waals surface area (Å²) in [6, 6.07) is 0.781. The van der Waals surface area contributed by atoms with E-state index in [-0.39, 0.29) is 0 Å². The fraction of sp³-hybridized carbons (Fsp3) is 0.533. The summed E-state index contributed by atoms with van der Waals surface area (Å²) < 4.78 is 0. The van der Waals surface area contributed by atoms with Gasteiger partial charge in [-0.05, 0) is 43.9 Å². The van der Waals surface area contributed by atoms with E-state index in [0.717, 1.165) is 29.8 Å². The highest BCUT2D eigenvalue weighted by Crippen LogP contribution is 2.37.